The van der Waals surface area contributed by atoms with Crippen LogP contribution in [-0.4, -0.2) is 60.1 Å². The van der Waals surface area contributed by atoms with E-state index in [1.807, 2.05) is 11.3 Å². The van der Waals surface area contributed by atoms with E-state index in [2.05, 4.69) is 39.4 Å². The fourth-order valence-corrected chi connectivity index (χ4v) is 4.43. The van der Waals surface area contributed by atoms with Gasteiger partial charge in [-0.3, -0.25) is 9.80 Å². The number of rotatable bonds is 3. The highest BCUT2D eigenvalue weighted by molar-refractivity contribution is 7.18. The molecule has 0 amide bonds. The topological polar surface area (TPSA) is 31.4 Å². The van der Waals surface area contributed by atoms with E-state index in [9.17, 15) is 0 Å². The van der Waals surface area contributed by atoms with Gasteiger partial charge in [0.15, 0.2) is 0 Å². The Morgan fingerprint density at radius 3 is 2.61 bits per heavy atom. The van der Waals surface area contributed by atoms with Gasteiger partial charge >= 0.3 is 0 Å². The Bertz CT molecular complexity index is 574. The van der Waals surface area contributed by atoms with Gasteiger partial charge in [0.25, 0.3) is 0 Å². The van der Waals surface area contributed by atoms with Crippen LogP contribution < -0.4 is 5.32 Å². The number of hydrogen-bond donors (Lipinski definition) is 1. The zero-order chi connectivity index (χ0) is 14.1. The quantitative estimate of drug-likeness (QED) is 0.894. The molecule has 2 aliphatic rings. The maximum absolute atomic E-state index is 4.76. The number of nitrogens with one attached hydrogen (secondary N) is 1. The summed E-state index contributed by atoms with van der Waals surface area (Å²) in [7, 11) is 0. The van der Waals surface area contributed by atoms with Crippen molar-refractivity contribution in [2.75, 3.05) is 39.3 Å². The first kappa shape index (κ1) is 18.9. The number of thiazole rings is 1. The molecule has 0 aliphatic carbocycles. The van der Waals surface area contributed by atoms with Crippen LogP contribution in [0.1, 0.15) is 11.4 Å². The van der Waals surface area contributed by atoms with Gasteiger partial charge in [-0.25, -0.2) is 4.98 Å². The fraction of sp³-hybridized carbons (Fsp3) is 0.562. The summed E-state index contributed by atoms with van der Waals surface area (Å²) in [5.41, 5.74) is 1.15. The first-order valence-corrected chi connectivity index (χ1v) is 8.72. The van der Waals surface area contributed by atoms with E-state index in [1.54, 1.807) is 0 Å². The molecule has 0 radical (unpaired) electrons. The summed E-state index contributed by atoms with van der Waals surface area (Å²) in [6.45, 7) is 8.14. The first-order valence-electron chi connectivity index (χ1n) is 7.90. The van der Waals surface area contributed by atoms with Crippen LogP contribution in [0.15, 0.2) is 24.3 Å². The highest BCUT2D eigenvalue weighted by Gasteiger charge is 2.26. The lowest BCUT2D eigenvalue weighted by atomic mass is 10.2. The zero-order valence-electron chi connectivity index (χ0n) is 13.1. The van der Waals surface area contributed by atoms with Crippen LogP contribution in [0.2, 0.25) is 0 Å². The maximum Gasteiger partial charge on any atom is 0.108 e. The molecule has 23 heavy (non-hydrogen) atoms. The van der Waals surface area contributed by atoms with Crippen molar-refractivity contribution in [3.05, 3.63) is 29.3 Å². The lowest BCUT2D eigenvalue weighted by molar-refractivity contribution is 0.0981. The van der Waals surface area contributed by atoms with Crippen molar-refractivity contribution in [2.24, 2.45) is 0 Å². The SMILES string of the molecule is Cl.Cl.c1ccc2sc(CN3CCN(C4CCNC4)CC3)nc2c1. The second-order valence-corrected chi connectivity index (χ2v) is 7.15. The molecule has 1 unspecified atom stereocenters. The first-order chi connectivity index (χ1) is 10.4. The monoisotopic (exact) mass is 374 g/mol. The van der Waals surface area contributed by atoms with Crippen LogP contribution in [0.3, 0.4) is 0 Å². The van der Waals surface area contributed by atoms with Gasteiger partial charge in [0, 0.05) is 38.8 Å². The van der Waals surface area contributed by atoms with Crippen molar-refractivity contribution in [3.8, 4) is 0 Å². The molecule has 1 atom stereocenters. The van der Waals surface area contributed by atoms with Crippen molar-refractivity contribution in [2.45, 2.75) is 19.0 Å². The zero-order valence-corrected chi connectivity index (χ0v) is 15.6. The predicted molar refractivity (Wildman–Crippen MR) is 102 cm³/mol. The summed E-state index contributed by atoms with van der Waals surface area (Å²) in [6.07, 6.45) is 1.32. The molecule has 2 aliphatic heterocycles. The van der Waals surface area contributed by atoms with Gasteiger partial charge < -0.3 is 5.32 Å². The summed E-state index contributed by atoms with van der Waals surface area (Å²) in [4.78, 5) is 9.97. The van der Waals surface area contributed by atoms with Gasteiger partial charge in [-0.05, 0) is 25.1 Å². The maximum atomic E-state index is 4.76. The number of aromatic nitrogens is 1. The third kappa shape index (κ3) is 4.35. The Morgan fingerprint density at radius 1 is 1.13 bits per heavy atom. The van der Waals surface area contributed by atoms with E-state index < -0.39 is 0 Å². The van der Waals surface area contributed by atoms with E-state index in [1.165, 1.54) is 55.4 Å². The average molecular weight is 375 g/mol. The van der Waals surface area contributed by atoms with E-state index >= 15 is 0 Å². The number of para-hydroxylation sites is 1. The van der Waals surface area contributed by atoms with Crippen molar-refractivity contribution < 1.29 is 0 Å². The molecule has 0 saturated carbocycles. The summed E-state index contributed by atoms with van der Waals surface area (Å²) < 4.78 is 1.31. The second kappa shape index (κ2) is 8.60. The Morgan fingerprint density at radius 2 is 1.91 bits per heavy atom. The Kier molecular flexibility index (Phi) is 7.07. The van der Waals surface area contributed by atoms with Crippen LogP contribution in [0, 0.1) is 0 Å². The standard InChI is InChI=1S/C16H22N4S.2ClH/c1-2-4-15-14(3-1)18-16(21-15)12-19-7-9-20(10-8-19)13-5-6-17-11-13;;/h1-4,13,17H,5-12H2;2*1H. The lowest BCUT2D eigenvalue weighted by Gasteiger charge is -2.37. The molecular weight excluding hydrogens is 351 g/mol. The summed E-state index contributed by atoms with van der Waals surface area (Å²) in [5, 5.41) is 4.73. The highest BCUT2D eigenvalue weighted by Crippen LogP contribution is 2.23. The molecule has 0 bridgehead atoms. The normalized spacial score (nSPS) is 22.7. The van der Waals surface area contributed by atoms with E-state index in [-0.39, 0.29) is 24.8 Å². The Balaban J connectivity index is 0.000000960. The van der Waals surface area contributed by atoms with Crippen LogP contribution >= 0.6 is 36.2 Å². The summed E-state index contributed by atoms with van der Waals surface area (Å²) in [6, 6.07) is 9.22. The van der Waals surface area contributed by atoms with Crippen LogP contribution in [-0.2, 0) is 6.54 Å². The third-order valence-corrected chi connectivity index (χ3v) is 5.68. The van der Waals surface area contributed by atoms with Gasteiger partial charge in [-0.1, -0.05) is 12.1 Å². The molecule has 0 spiro atoms. The summed E-state index contributed by atoms with van der Waals surface area (Å²) >= 11 is 1.84. The number of piperazine rings is 1. The second-order valence-electron chi connectivity index (χ2n) is 6.03. The Labute approximate surface area is 154 Å². The molecule has 4 rings (SSSR count). The molecule has 2 aromatic rings. The Hall–Kier alpha value is -0.430. The molecular formula is C16H24Cl2N4S. The third-order valence-electron chi connectivity index (χ3n) is 4.65. The van der Waals surface area contributed by atoms with E-state index in [0.717, 1.165) is 18.1 Å². The number of halogens is 2. The van der Waals surface area contributed by atoms with Crippen molar-refractivity contribution in [1.29, 1.82) is 0 Å². The van der Waals surface area contributed by atoms with E-state index in [4.69, 9.17) is 4.98 Å². The number of benzene rings is 1. The molecule has 3 heterocycles. The molecule has 1 aromatic carbocycles. The molecule has 4 nitrogen and oxygen atoms in total. The molecule has 2 fully saturated rings. The van der Waals surface area contributed by atoms with E-state index in [0.29, 0.717) is 0 Å². The van der Waals surface area contributed by atoms with Crippen LogP contribution in [0.4, 0.5) is 0 Å². The van der Waals surface area contributed by atoms with Crippen molar-refractivity contribution >= 4 is 46.4 Å². The van der Waals surface area contributed by atoms with Gasteiger partial charge in [0.1, 0.15) is 5.01 Å². The number of hydrogen-bond acceptors (Lipinski definition) is 5. The molecule has 7 heteroatoms. The number of fused-ring (bicyclic) bond motifs is 1. The molecule has 1 N–H and O–H groups in total. The minimum Gasteiger partial charge on any atom is -0.315 e. The van der Waals surface area contributed by atoms with Gasteiger partial charge in [0.05, 0.1) is 16.8 Å². The van der Waals surface area contributed by atoms with Crippen LogP contribution in [0.5, 0.6) is 0 Å². The minimum absolute atomic E-state index is 0. The number of nitrogens with zero attached hydrogens (tertiary/aromatic N) is 3. The largest absolute Gasteiger partial charge is 0.315 e. The lowest BCUT2D eigenvalue weighted by Crippen LogP contribution is -2.50. The highest BCUT2D eigenvalue weighted by atomic mass is 35.5. The van der Waals surface area contributed by atoms with Crippen molar-refractivity contribution in [1.82, 2.24) is 20.1 Å². The molecule has 2 saturated heterocycles. The van der Waals surface area contributed by atoms with Crippen molar-refractivity contribution in [3.63, 3.8) is 0 Å². The predicted octanol–water partition coefficient (Wildman–Crippen LogP) is 2.62. The smallest absolute Gasteiger partial charge is 0.108 e. The van der Waals surface area contributed by atoms with Crippen LogP contribution in [0.25, 0.3) is 10.2 Å². The molecule has 128 valence electrons. The molecule has 1 aromatic heterocycles. The average Bonchev–Trinajstić information content (AvgIpc) is 3.17. The van der Waals surface area contributed by atoms with Gasteiger partial charge in [-0.15, -0.1) is 36.2 Å². The minimum atomic E-state index is 0. The fourth-order valence-electron chi connectivity index (χ4n) is 3.42. The summed E-state index contributed by atoms with van der Waals surface area (Å²) in [5.74, 6) is 0. The van der Waals surface area contributed by atoms with Gasteiger partial charge in [-0.2, -0.15) is 0 Å². The van der Waals surface area contributed by atoms with Gasteiger partial charge in [0.2, 0.25) is 0 Å².